The molecule has 16 nitrogen and oxygen atoms in total. The molecule has 2 N–H and O–H groups in total. The van der Waals surface area contributed by atoms with Crippen LogP contribution in [0.3, 0.4) is 0 Å². The van der Waals surface area contributed by atoms with Gasteiger partial charge in [0.25, 0.3) is 0 Å². The Morgan fingerprint density at radius 3 is 1.53 bits per heavy atom. The molecule has 4 aliphatic heterocycles. The van der Waals surface area contributed by atoms with Gasteiger partial charge in [0.2, 0.25) is 11.8 Å². The van der Waals surface area contributed by atoms with Crippen LogP contribution in [0, 0.1) is 13.8 Å². The van der Waals surface area contributed by atoms with Crippen molar-refractivity contribution < 1.29 is 19.1 Å². The molecule has 2 fully saturated rings. The Balaban J connectivity index is 0.000000149. The number of fused-ring (bicyclic) bond motifs is 6. The summed E-state index contributed by atoms with van der Waals surface area (Å²) in [5, 5.41) is 19.2. The summed E-state index contributed by atoms with van der Waals surface area (Å²) in [6.07, 6.45) is 11.0. The fraction of sp³-hybridized carbons (Fsp3) is 0.280. The van der Waals surface area contributed by atoms with Crippen molar-refractivity contribution >= 4 is 90.3 Å². The molecular weight excluding hydrogens is 904 g/mol. The maximum Gasteiger partial charge on any atom is 0.246 e. The van der Waals surface area contributed by atoms with Gasteiger partial charge in [-0.25, -0.2) is 19.9 Å². The molecule has 344 valence electrons. The van der Waals surface area contributed by atoms with Crippen molar-refractivity contribution in [3.63, 3.8) is 0 Å². The molecule has 12 rings (SSSR count). The molecule has 0 bridgehead atoms. The van der Waals surface area contributed by atoms with Crippen molar-refractivity contribution in [3.05, 3.63) is 108 Å². The van der Waals surface area contributed by atoms with Gasteiger partial charge in [0.05, 0.1) is 80.6 Å². The highest BCUT2D eigenvalue weighted by Crippen LogP contribution is 2.49. The highest BCUT2D eigenvalue weighted by Gasteiger charge is 2.36. The minimum atomic E-state index is -0.0488. The van der Waals surface area contributed by atoms with Crippen LogP contribution < -0.4 is 19.3 Å². The number of benzene rings is 4. The number of H-pyrrole nitrogens is 2. The maximum atomic E-state index is 12.2. The highest BCUT2D eigenvalue weighted by atomic mass is 35.5. The Kier molecular flexibility index (Phi) is 11.1. The Morgan fingerprint density at radius 1 is 0.662 bits per heavy atom. The zero-order chi connectivity index (χ0) is 46.8. The fourth-order valence-electron chi connectivity index (χ4n) is 10.4. The van der Waals surface area contributed by atoms with Crippen LogP contribution in [0.25, 0.3) is 65.9 Å². The zero-order valence-electron chi connectivity index (χ0n) is 37.4. The van der Waals surface area contributed by atoms with E-state index < -0.39 is 0 Å². The average molecular weight is 950 g/mol. The standard InChI is InChI=1S/2C25H23ClN6O2/c2*1-3-20(33)31-7-8-32-15(12-31)6-9-34-24-22-19(27-13-28-25(22)32)10-16(23(24)26)21-14(2)4-5-18-17(21)11-29-30-18/h2*3-5,10-11,13,15H,1,6-9,12H2,2H3,(H,29,30)/t2*15-/m11/s1. The Morgan fingerprint density at radius 2 is 1.10 bits per heavy atom. The fourth-order valence-corrected chi connectivity index (χ4v) is 10.9. The first kappa shape index (κ1) is 43.3. The number of anilines is 2. The van der Waals surface area contributed by atoms with Crippen LogP contribution in [-0.2, 0) is 9.59 Å². The Labute approximate surface area is 400 Å². The van der Waals surface area contributed by atoms with Gasteiger partial charge in [-0.1, -0.05) is 48.5 Å². The number of hydrogen-bond donors (Lipinski definition) is 2. The number of aryl methyl sites for hydroxylation is 2. The van der Waals surface area contributed by atoms with E-state index in [1.165, 1.54) is 12.2 Å². The predicted molar refractivity (Wildman–Crippen MR) is 265 cm³/mol. The van der Waals surface area contributed by atoms with Crippen molar-refractivity contribution in [2.75, 3.05) is 62.3 Å². The van der Waals surface area contributed by atoms with Crippen molar-refractivity contribution in [3.8, 4) is 33.8 Å². The molecular formula is C50H46Cl2N12O4. The second-order valence-electron chi connectivity index (χ2n) is 17.4. The number of nitrogens with zero attached hydrogens (tertiary/aromatic N) is 10. The highest BCUT2D eigenvalue weighted by molar-refractivity contribution is 6.37. The zero-order valence-corrected chi connectivity index (χ0v) is 38.9. The van der Waals surface area contributed by atoms with Crippen LogP contribution in [0.5, 0.6) is 11.5 Å². The lowest BCUT2D eigenvalue weighted by molar-refractivity contribution is -0.127. The molecule has 2 atom stereocenters. The summed E-state index contributed by atoms with van der Waals surface area (Å²) in [6.45, 7) is 16.1. The van der Waals surface area contributed by atoms with Crippen LogP contribution in [0.2, 0.25) is 10.0 Å². The lowest BCUT2D eigenvalue weighted by Gasteiger charge is -2.43. The van der Waals surface area contributed by atoms with Gasteiger partial charge < -0.3 is 29.1 Å². The number of piperazine rings is 2. The molecule has 0 radical (unpaired) electrons. The maximum absolute atomic E-state index is 12.2. The molecule has 0 saturated carbocycles. The van der Waals surface area contributed by atoms with E-state index in [0.717, 1.165) is 101 Å². The SMILES string of the molecule is C=CC(=O)N1CCN2c3ncnc4cc(-c5c(C)ccc6[nH]ncc56)c(Cl)c(c34)OCC[C@@H]2C1.C=CC(=O)N1CCN2c3ncnc4cc(-c5c(C)ccc6[nH]ncc56)c(Cl)c(c34)OCC[C@@H]2C1. The third-order valence-corrected chi connectivity index (χ3v) is 14.4. The number of amides is 2. The van der Waals surface area contributed by atoms with E-state index in [-0.39, 0.29) is 23.9 Å². The largest absolute Gasteiger partial charge is 0.491 e. The van der Waals surface area contributed by atoms with Crippen molar-refractivity contribution in [2.45, 2.75) is 38.8 Å². The molecule has 0 unspecified atom stereocenters. The molecule has 8 aromatic rings. The van der Waals surface area contributed by atoms with Crippen molar-refractivity contribution in [1.82, 2.24) is 50.1 Å². The summed E-state index contributed by atoms with van der Waals surface area (Å²) < 4.78 is 12.6. The summed E-state index contributed by atoms with van der Waals surface area (Å²) >= 11 is 14.1. The summed E-state index contributed by atoms with van der Waals surface area (Å²) in [5.74, 6) is 2.70. The third kappa shape index (κ3) is 7.20. The molecule has 0 spiro atoms. The van der Waals surface area contributed by atoms with E-state index in [4.69, 9.17) is 32.7 Å². The Hall–Kier alpha value is -7.30. The van der Waals surface area contributed by atoms with Gasteiger partial charge in [0.1, 0.15) is 24.3 Å². The van der Waals surface area contributed by atoms with E-state index in [2.05, 4.69) is 89.3 Å². The van der Waals surface area contributed by atoms with Gasteiger partial charge in [-0.15, -0.1) is 0 Å². The second kappa shape index (κ2) is 17.4. The molecule has 0 aliphatic carbocycles. The number of ether oxygens (including phenoxy) is 2. The van der Waals surface area contributed by atoms with Crippen LogP contribution in [-0.4, -0.2) is 127 Å². The molecule has 8 heterocycles. The van der Waals surface area contributed by atoms with E-state index in [0.29, 0.717) is 74.0 Å². The number of hydrogen-bond acceptors (Lipinski definition) is 12. The van der Waals surface area contributed by atoms with Gasteiger partial charge in [0.15, 0.2) is 11.5 Å². The molecule has 4 aliphatic rings. The average Bonchev–Trinajstić information content (AvgIpc) is 4.04. The molecule has 4 aromatic heterocycles. The van der Waals surface area contributed by atoms with Gasteiger partial charge >= 0.3 is 0 Å². The Bertz CT molecular complexity index is 3150. The summed E-state index contributed by atoms with van der Waals surface area (Å²) in [6, 6.07) is 12.3. The number of aromatic amines is 2. The van der Waals surface area contributed by atoms with Gasteiger partial charge in [-0.05, 0) is 72.5 Å². The summed E-state index contributed by atoms with van der Waals surface area (Å²) in [7, 11) is 0. The van der Waals surface area contributed by atoms with Gasteiger partial charge in [-0.3, -0.25) is 19.8 Å². The minimum Gasteiger partial charge on any atom is -0.491 e. The van der Waals surface area contributed by atoms with Crippen LogP contribution in [0.15, 0.2) is 86.8 Å². The molecule has 4 aromatic carbocycles. The number of carbonyl (C=O) groups excluding carboxylic acids is 2. The number of nitrogens with one attached hydrogen (secondary N) is 2. The summed E-state index contributed by atoms with van der Waals surface area (Å²) in [5.41, 5.74) is 9.33. The van der Waals surface area contributed by atoms with E-state index in [1.54, 1.807) is 12.7 Å². The number of carbonyl (C=O) groups is 2. The normalized spacial score (nSPS) is 17.8. The molecule has 18 heteroatoms. The van der Waals surface area contributed by atoms with Gasteiger partial charge in [0, 0.05) is 74.0 Å². The quantitative estimate of drug-likeness (QED) is 0.162. The topological polar surface area (TPSA) is 174 Å². The number of rotatable bonds is 4. The monoisotopic (exact) mass is 948 g/mol. The van der Waals surface area contributed by atoms with E-state index in [9.17, 15) is 9.59 Å². The van der Waals surface area contributed by atoms with Crippen LogP contribution >= 0.6 is 23.2 Å². The first-order chi connectivity index (χ1) is 33.1. The first-order valence-electron chi connectivity index (χ1n) is 22.6. The molecule has 2 amide bonds. The summed E-state index contributed by atoms with van der Waals surface area (Å²) in [4.78, 5) is 51.1. The molecule has 68 heavy (non-hydrogen) atoms. The lowest BCUT2D eigenvalue weighted by Crippen LogP contribution is -2.55. The third-order valence-electron chi connectivity index (χ3n) is 13.7. The van der Waals surface area contributed by atoms with Crippen molar-refractivity contribution in [1.29, 1.82) is 0 Å². The van der Waals surface area contributed by atoms with Crippen molar-refractivity contribution in [2.24, 2.45) is 0 Å². The molecule has 2 saturated heterocycles. The number of halogens is 2. The minimum absolute atomic E-state index is 0.0488. The second-order valence-corrected chi connectivity index (χ2v) is 18.2. The predicted octanol–water partition coefficient (Wildman–Crippen LogP) is 8.24. The van der Waals surface area contributed by atoms with E-state index >= 15 is 0 Å². The van der Waals surface area contributed by atoms with Gasteiger partial charge in [-0.2, -0.15) is 10.2 Å². The van der Waals surface area contributed by atoms with Crippen LogP contribution in [0.1, 0.15) is 24.0 Å². The lowest BCUT2D eigenvalue weighted by atomic mass is 9.95. The van der Waals surface area contributed by atoms with E-state index in [1.807, 2.05) is 46.5 Å². The smallest absolute Gasteiger partial charge is 0.246 e. The van der Waals surface area contributed by atoms with Crippen LogP contribution in [0.4, 0.5) is 11.6 Å². The first-order valence-corrected chi connectivity index (χ1v) is 23.3. The number of aromatic nitrogens is 8.